The summed E-state index contributed by atoms with van der Waals surface area (Å²) in [7, 11) is -3.44. The molecule has 1 aliphatic heterocycles. The fourth-order valence-corrected chi connectivity index (χ4v) is 3.38. The van der Waals surface area contributed by atoms with Crippen LogP contribution in [-0.4, -0.2) is 56.2 Å². The minimum absolute atomic E-state index is 0.118. The van der Waals surface area contributed by atoms with Gasteiger partial charge >= 0.3 is 6.09 Å². The second-order valence-corrected chi connectivity index (χ2v) is 9.47. The third kappa shape index (κ3) is 4.81. The topological polar surface area (TPSA) is 82.1 Å². The molecule has 23 heavy (non-hydrogen) atoms. The first-order valence-electron chi connectivity index (χ1n) is 7.81. The molecule has 0 aromatic heterocycles. The SMILES string of the molecule is CC(C)(C)OC(=O)N1[C@@H](C2CC2COS(C)(=O)=O)COC1(C)C. The maximum Gasteiger partial charge on any atom is 0.412 e. The van der Waals surface area contributed by atoms with E-state index in [1.54, 1.807) is 4.90 Å². The van der Waals surface area contributed by atoms with Crippen LogP contribution in [0.25, 0.3) is 0 Å². The van der Waals surface area contributed by atoms with Crippen molar-refractivity contribution in [2.75, 3.05) is 19.5 Å². The Hall–Kier alpha value is -0.860. The van der Waals surface area contributed by atoms with Crippen LogP contribution in [0, 0.1) is 11.8 Å². The van der Waals surface area contributed by atoms with Gasteiger partial charge in [0.1, 0.15) is 11.3 Å². The molecule has 8 heteroatoms. The molecule has 0 bridgehead atoms. The summed E-state index contributed by atoms with van der Waals surface area (Å²) in [6, 6.07) is -0.118. The van der Waals surface area contributed by atoms with Gasteiger partial charge in [0, 0.05) is 0 Å². The quantitative estimate of drug-likeness (QED) is 0.722. The number of hydrogen-bond acceptors (Lipinski definition) is 6. The predicted octanol–water partition coefficient (Wildman–Crippen LogP) is 1.97. The number of ether oxygens (including phenoxy) is 2. The minimum atomic E-state index is -3.44. The van der Waals surface area contributed by atoms with E-state index in [4.69, 9.17) is 13.7 Å². The van der Waals surface area contributed by atoms with Gasteiger partial charge in [-0.05, 0) is 52.9 Å². The van der Waals surface area contributed by atoms with Gasteiger partial charge in [0.15, 0.2) is 0 Å². The van der Waals surface area contributed by atoms with Crippen LogP contribution >= 0.6 is 0 Å². The van der Waals surface area contributed by atoms with Gasteiger partial charge in [-0.1, -0.05) is 0 Å². The molecule has 1 aliphatic carbocycles. The first-order chi connectivity index (χ1) is 10.3. The molecule has 134 valence electrons. The largest absolute Gasteiger partial charge is 0.444 e. The van der Waals surface area contributed by atoms with E-state index in [1.165, 1.54) is 0 Å². The van der Waals surface area contributed by atoms with Gasteiger partial charge in [0.25, 0.3) is 10.1 Å². The van der Waals surface area contributed by atoms with Crippen LogP contribution < -0.4 is 0 Å². The summed E-state index contributed by atoms with van der Waals surface area (Å²) >= 11 is 0. The molecule has 1 amide bonds. The molecule has 1 heterocycles. The third-order valence-corrected chi connectivity index (χ3v) is 4.64. The van der Waals surface area contributed by atoms with Crippen LogP contribution in [0.15, 0.2) is 0 Å². The van der Waals surface area contributed by atoms with E-state index in [-0.39, 0.29) is 24.5 Å². The molecule has 0 aromatic carbocycles. The van der Waals surface area contributed by atoms with Crippen LogP contribution in [0.2, 0.25) is 0 Å². The van der Waals surface area contributed by atoms with Crippen molar-refractivity contribution in [2.24, 2.45) is 11.8 Å². The molecule has 0 aromatic rings. The number of hydrogen-bond donors (Lipinski definition) is 0. The van der Waals surface area contributed by atoms with Gasteiger partial charge in [-0.25, -0.2) is 4.79 Å². The standard InChI is InChI=1S/C15H27NO6S/c1-14(2,3)22-13(17)16-12(9-20-15(16,4)5)11-7-10(11)8-21-23(6,18)19/h10-12H,7-9H2,1-6H3/t10?,11?,12-/m1/s1. The second kappa shape index (κ2) is 5.89. The molecular formula is C15H27NO6S. The van der Waals surface area contributed by atoms with Gasteiger partial charge in [-0.15, -0.1) is 0 Å². The van der Waals surface area contributed by atoms with Gasteiger partial charge < -0.3 is 9.47 Å². The van der Waals surface area contributed by atoms with Crippen molar-refractivity contribution in [3.63, 3.8) is 0 Å². The Morgan fingerprint density at radius 1 is 1.35 bits per heavy atom. The van der Waals surface area contributed by atoms with Crippen molar-refractivity contribution in [2.45, 2.75) is 58.4 Å². The zero-order valence-electron chi connectivity index (χ0n) is 14.7. The zero-order valence-corrected chi connectivity index (χ0v) is 15.5. The third-order valence-electron chi connectivity index (χ3n) is 4.08. The first-order valence-corrected chi connectivity index (χ1v) is 9.62. The van der Waals surface area contributed by atoms with Crippen molar-refractivity contribution in [3.8, 4) is 0 Å². The molecule has 0 N–H and O–H groups in total. The maximum absolute atomic E-state index is 12.5. The lowest BCUT2D eigenvalue weighted by Gasteiger charge is -2.35. The number of carbonyl (C=O) groups is 1. The van der Waals surface area contributed by atoms with Crippen molar-refractivity contribution < 1.29 is 26.9 Å². The Balaban J connectivity index is 2.03. The predicted molar refractivity (Wildman–Crippen MR) is 84.3 cm³/mol. The fraction of sp³-hybridized carbons (Fsp3) is 0.933. The smallest absolute Gasteiger partial charge is 0.412 e. The molecule has 0 radical (unpaired) electrons. The highest BCUT2D eigenvalue weighted by molar-refractivity contribution is 7.85. The summed E-state index contributed by atoms with van der Waals surface area (Å²) < 4.78 is 38.3. The molecule has 2 unspecified atom stereocenters. The van der Waals surface area contributed by atoms with Gasteiger partial charge in [0.05, 0.1) is 25.5 Å². The maximum atomic E-state index is 12.5. The first kappa shape index (κ1) is 18.5. The fourth-order valence-electron chi connectivity index (χ4n) is 2.96. The van der Waals surface area contributed by atoms with Crippen molar-refractivity contribution in [3.05, 3.63) is 0 Å². The van der Waals surface area contributed by atoms with Crippen LogP contribution in [0.5, 0.6) is 0 Å². The van der Waals surface area contributed by atoms with E-state index in [0.717, 1.165) is 12.7 Å². The van der Waals surface area contributed by atoms with Crippen LogP contribution in [0.4, 0.5) is 4.79 Å². The van der Waals surface area contributed by atoms with Crippen molar-refractivity contribution in [1.29, 1.82) is 0 Å². The van der Waals surface area contributed by atoms with Gasteiger partial charge in [-0.3, -0.25) is 9.08 Å². The second-order valence-electron chi connectivity index (χ2n) is 7.82. The van der Waals surface area contributed by atoms with E-state index in [9.17, 15) is 13.2 Å². The molecule has 1 saturated carbocycles. The Labute approximate surface area is 138 Å². The lowest BCUT2D eigenvalue weighted by atomic mass is 10.1. The summed E-state index contributed by atoms with van der Waals surface area (Å²) in [5.74, 6) is 0.295. The van der Waals surface area contributed by atoms with Gasteiger partial charge in [0.2, 0.25) is 0 Å². The van der Waals surface area contributed by atoms with Crippen molar-refractivity contribution in [1.82, 2.24) is 4.90 Å². The molecule has 3 atom stereocenters. The van der Waals surface area contributed by atoms with E-state index in [0.29, 0.717) is 6.61 Å². The summed E-state index contributed by atoms with van der Waals surface area (Å²) in [5, 5.41) is 0. The Bertz CT molecular complexity index is 565. The van der Waals surface area contributed by atoms with E-state index < -0.39 is 27.5 Å². The highest BCUT2D eigenvalue weighted by Crippen LogP contribution is 2.47. The Morgan fingerprint density at radius 2 is 1.96 bits per heavy atom. The molecule has 2 fully saturated rings. The lowest BCUT2D eigenvalue weighted by Crippen LogP contribution is -2.50. The molecular weight excluding hydrogens is 322 g/mol. The summed E-state index contributed by atoms with van der Waals surface area (Å²) in [5.41, 5.74) is -1.32. The highest BCUT2D eigenvalue weighted by Gasteiger charge is 2.55. The van der Waals surface area contributed by atoms with Crippen LogP contribution in [0.3, 0.4) is 0 Å². The van der Waals surface area contributed by atoms with E-state index >= 15 is 0 Å². The van der Waals surface area contributed by atoms with Crippen LogP contribution in [0.1, 0.15) is 41.0 Å². The average Bonchev–Trinajstić information content (AvgIpc) is 3.00. The number of nitrogens with zero attached hydrogens (tertiary/aromatic N) is 1. The molecule has 2 aliphatic rings. The average molecular weight is 349 g/mol. The minimum Gasteiger partial charge on any atom is -0.444 e. The number of rotatable bonds is 4. The number of amides is 1. The molecule has 7 nitrogen and oxygen atoms in total. The molecule has 2 rings (SSSR count). The highest BCUT2D eigenvalue weighted by atomic mass is 32.2. The zero-order chi connectivity index (χ0) is 17.6. The Kier molecular flexibility index (Phi) is 4.74. The summed E-state index contributed by atoms with van der Waals surface area (Å²) in [6.45, 7) is 9.72. The Morgan fingerprint density at radius 3 is 2.48 bits per heavy atom. The molecule has 1 saturated heterocycles. The monoisotopic (exact) mass is 349 g/mol. The number of carbonyl (C=O) groups excluding carboxylic acids is 1. The van der Waals surface area contributed by atoms with Crippen LogP contribution in [-0.2, 0) is 23.8 Å². The van der Waals surface area contributed by atoms with Crippen molar-refractivity contribution >= 4 is 16.2 Å². The normalized spacial score (nSPS) is 30.3. The lowest BCUT2D eigenvalue weighted by molar-refractivity contribution is -0.0633. The van der Waals surface area contributed by atoms with Gasteiger partial charge in [-0.2, -0.15) is 8.42 Å². The summed E-state index contributed by atoms with van der Waals surface area (Å²) in [4.78, 5) is 14.2. The molecule has 0 spiro atoms. The van der Waals surface area contributed by atoms with E-state index in [2.05, 4.69) is 0 Å². The summed E-state index contributed by atoms with van der Waals surface area (Å²) in [6.07, 6.45) is 1.46. The van der Waals surface area contributed by atoms with E-state index in [1.807, 2.05) is 34.6 Å².